The van der Waals surface area contributed by atoms with E-state index >= 15 is 0 Å². The predicted molar refractivity (Wildman–Crippen MR) is 120 cm³/mol. The number of para-hydroxylation sites is 1. The van der Waals surface area contributed by atoms with Gasteiger partial charge in [0, 0.05) is 6.54 Å². The summed E-state index contributed by atoms with van der Waals surface area (Å²) in [6, 6.07) is 15.4. The van der Waals surface area contributed by atoms with Crippen molar-refractivity contribution in [2.45, 2.75) is 50.4 Å². The second-order valence-corrected chi connectivity index (χ2v) is 8.42. The third-order valence-corrected chi connectivity index (χ3v) is 6.13. The second kappa shape index (κ2) is 9.27. The van der Waals surface area contributed by atoms with Crippen molar-refractivity contribution in [1.29, 1.82) is 0 Å². The van der Waals surface area contributed by atoms with Gasteiger partial charge >= 0.3 is 0 Å². The number of fused-ring (bicyclic) bond motifs is 1. The molecule has 0 aliphatic rings. The topological polar surface area (TPSA) is 64.0 Å². The van der Waals surface area contributed by atoms with Crippen LogP contribution in [-0.2, 0) is 4.79 Å². The molecule has 2 aromatic carbocycles. The average Bonchev–Trinajstić information content (AvgIpc) is 2.74. The average molecular weight is 410 g/mol. The number of rotatable bonds is 7. The van der Waals surface area contributed by atoms with Gasteiger partial charge in [0.15, 0.2) is 5.16 Å². The molecule has 2 atom stereocenters. The molecule has 0 unspecified atom stereocenters. The molecule has 1 heterocycles. The van der Waals surface area contributed by atoms with Crippen LogP contribution in [0.1, 0.15) is 45.6 Å². The summed E-state index contributed by atoms with van der Waals surface area (Å²) in [6.07, 6.45) is 1.06. The van der Waals surface area contributed by atoms with Crippen molar-refractivity contribution < 1.29 is 4.79 Å². The van der Waals surface area contributed by atoms with Gasteiger partial charge in [-0.25, -0.2) is 4.98 Å². The predicted octanol–water partition coefficient (Wildman–Crippen LogP) is 4.52. The number of thioether (sulfide) groups is 1. The number of hydrogen-bond acceptors (Lipinski definition) is 4. The molecule has 0 aliphatic heterocycles. The lowest BCUT2D eigenvalue weighted by atomic mass is 9.98. The molecule has 3 rings (SSSR count). The van der Waals surface area contributed by atoms with Crippen molar-refractivity contribution in [2.24, 2.45) is 0 Å². The molecular weight excluding hydrogens is 382 g/mol. The van der Waals surface area contributed by atoms with E-state index in [1.807, 2.05) is 44.2 Å². The summed E-state index contributed by atoms with van der Waals surface area (Å²) < 4.78 is 1.61. The Morgan fingerprint density at radius 3 is 2.45 bits per heavy atom. The van der Waals surface area contributed by atoms with Crippen LogP contribution in [0.25, 0.3) is 16.6 Å². The summed E-state index contributed by atoms with van der Waals surface area (Å²) in [5, 5.41) is 3.54. The first-order valence-corrected chi connectivity index (χ1v) is 10.9. The lowest BCUT2D eigenvalue weighted by Crippen LogP contribution is -2.31. The third-order valence-electron chi connectivity index (χ3n) is 5.08. The van der Waals surface area contributed by atoms with Gasteiger partial charge in [0.25, 0.3) is 5.56 Å². The van der Waals surface area contributed by atoms with E-state index in [0.717, 1.165) is 12.1 Å². The summed E-state index contributed by atoms with van der Waals surface area (Å²) >= 11 is 1.30. The van der Waals surface area contributed by atoms with Crippen molar-refractivity contribution in [3.8, 4) is 5.69 Å². The Morgan fingerprint density at radius 2 is 1.79 bits per heavy atom. The number of benzene rings is 2. The first kappa shape index (κ1) is 21.1. The zero-order valence-electron chi connectivity index (χ0n) is 17.3. The summed E-state index contributed by atoms with van der Waals surface area (Å²) in [6.45, 7) is 8.63. The van der Waals surface area contributed by atoms with E-state index in [-0.39, 0.29) is 16.7 Å². The summed E-state index contributed by atoms with van der Waals surface area (Å²) in [5.74, 6) is 0.390. The fourth-order valence-electron chi connectivity index (χ4n) is 3.14. The fourth-order valence-corrected chi connectivity index (χ4v) is 4.09. The molecule has 5 nitrogen and oxygen atoms in total. The smallest absolute Gasteiger partial charge is 0.266 e. The van der Waals surface area contributed by atoms with E-state index in [1.54, 1.807) is 10.6 Å². The molecule has 0 bridgehead atoms. The number of aromatic nitrogens is 2. The van der Waals surface area contributed by atoms with Crippen molar-refractivity contribution in [3.63, 3.8) is 0 Å². The van der Waals surface area contributed by atoms with Crippen LogP contribution in [0.4, 0.5) is 0 Å². The summed E-state index contributed by atoms with van der Waals surface area (Å²) in [4.78, 5) is 30.3. The first-order valence-electron chi connectivity index (χ1n) is 10.0. The standard InChI is InChI=1S/C23H27N3O2S/c1-5-15(3)17-11-13-18(14-12-17)26-22(28)19-9-7-8-10-20(19)25-23(26)29-16(4)21(27)24-6-2/h7-16H,5-6H2,1-4H3,(H,24,27)/t15-,16+/m1/s1. The molecule has 0 saturated carbocycles. The van der Waals surface area contributed by atoms with Crippen LogP contribution >= 0.6 is 11.8 Å². The minimum absolute atomic E-state index is 0.0708. The molecule has 1 amide bonds. The van der Waals surface area contributed by atoms with Crippen LogP contribution in [0.3, 0.4) is 0 Å². The molecule has 0 spiro atoms. The van der Waals surface area contributed by atoms with Crippen LogP contribution in [-0.4, -0.2) is 27.3 Å². The Balaban J connectivity index is 2.12. The maximum atomic E-state index is 13.3. The second-order valence-electron chi connectivity index (χ2n) is 7.11. The number of nitrogens with zero attached hydrogens (tertiary/aromatic N) is 2. The number of nitrogens with one attached hydrogen (secondary N) is 1. The molecule has 0 fully saturated rings. The molecule has 6 heteroatoms. The van der Waals surface area contributed by atoms with Crippen molar-refractivity contribution in [3.05, 3.63) is 64.4 Å². The van der Waals surface area contributed by atoms with Crippen molar-refractivity contribution in [1.82, 2.24) is 14.9 Å². The Labute approximate surface area is 175 Å². The summed E-state index contributed by atoms with van der Waals surface area (Å²) in [7, 11) is 0. The number of carbonyl (C=O) groups excluding carboxylic acids is 1. The van der Waals surface area contributed by atoms with Crippen LogP contribution in [0.5, 0.6) is 0 Å². The van der Waals surface area contributed by atoms with Crippen LogP contribution in [0, 0.1) is 0 Å². The minimum Gasteiger partial charge on any atom is -0.355 e. The van der Waals surface area contributed by atoms with Gasteiger partial charge in [-0.05, 0) is 56.0 Å². The Kier molecular flexibility index (Phi) is 6.75. The van der Waals surface area contributed by atoms with Crippen molar-refractivity contribution >= 4 is 28.6 Å². The molecule has 0 saturated heterocycles. The normalized spacial score (nSPS) is 13.2. The highest BCUT2D eigenvalue weighted by Crippen LogP contribution is 2.26. The minimum atomic E-state index is -0.367. The highest BCUT2D eigenvalue weighted by atomic mass is 32.2. The number of amides is 1. The van der Waals surface area contributed by atoms with Gasteiger partial charge in [-0.2, -0.15) is 0 Å². The van der Waals surface area contributed by atoms with Gasteiger partial charge in [0.05, 0.1) is 21.8 Å². The zero-order valence-corrected chi connectivity index (χ0v) is 18.1. The van der Waals surface area contributed by atoms with E-state index in [2.05, 4.69) is 31.3 Å². The van der Waals surface area contributed by atoms with Gasteiger partial charge in [-0.15, -0.1) is 0 Å². The molecule has 152 valence electrons. The Hall–Kier alpha value is -2.60. The van der Waals surface area contributed by atoms with Gasteiger partial charge < -0.3 is 5.32 Å². The maximum absolute atomic E-state index is 13.3. The molecule has 1 N–H and O–H groups in total. The molecule has 29 heavy (non-hydrogen) atoms. The Bertz CT molecular complexity index is 1060. The van der Waals surface area contributed by atoms with E-state index in [1.165, 1.54) is 17.3 Å². The highest BCUT2D eigenvalue weighted by molar-refractivity contribution is 8.00. The SMILES string of the molecule is CCNC(=O)[C@H](C)Sc1nc2ccccc2c(=O)n1-c1ccc([C@H](C)CC)cc1. The lowest BCUT2D eigenvalue weighted by molar-refractivity contribution is -0.120. The first-order chi connectivity index (χ1) is 14.0. The molecule has 0 aliphatic carbocycles. The largest absolute Gasteiger partial charge is 0.355 e. The monoisotopic (exact) mass is 409 g/mol. The maximum Gasteiger partial charge on any atom is 0.266 e. The molecule has 3 aromatic rings. The van der Waals surface area contributed by atoms with E-state index in [9.17, 15) is 9.59 Å². The quantitative estimate of drug-likeness (QED) is 0.460. The summed E-state index contributed by atoms with van der Waals surface area (Å²) in [5.41, 5.74) is 2.50. The van der Waals surface area contributed by atoms with Gasteiger partial charge in [0.2, 0.25) is 5.91 Å². The number of hydrogen-bond donors (Lipinski definition) is 1. The third kappa shape index (κ3) is 4.53. The van der Waals surface area contributed by atoms with Gasteiger partial charge in [-0.3, -0.25) is 14.2 Å². The number of carbonyl (C=O) groups is 1. The fraction of sp³-hybridized carbons (Fsp3) is 0.348. The highest BCUT2D eigenvalue weighted by Gasteiger charge is 2.20. The zero-order chi connectivity index (χ0) is 21.0. The van der Waals surface area contributed by atoms with Crippen molar-refractivity contribution in [2.75, 3.05) is 6.54 Å². The van der Waals surface area contributed by atoms with Gasteiger partial charge in [-0.1, -0.05) is 49.9 Å². The van der Waals surface area contributed by atoms with E-state index in [4.69, 9.17) is 4.98 Å². The Morgan fingerprint density at radius 1 is 1.10 bits per heavy atom. The van der Waals surface area contributed by atoms with Gasteiger partial charge in [0.1, 0.15) is 0 Å². The van der Waals surface area contributed by atoms with Crippen LogP contribution in [0.2, 0.25) is 0 Å². The lowest BCUT2D eigenvalue weighted by Gasteiger charge is -2.17. The molecule has 1 aromatic heterocycles. The van der Waals surface area contributed by atoms with E-state index < -0.39 is 0 Å². The molecule has 0 radical (unpaired) electrons. The molecular formula is C23H27N3O2S. The van der Waals surface area contributed by atoms with E-state index in [0.29, 0.717) is 28.5 Å². The van der Waals surface area contributed by atoms with Crippen LogP contribution < -0.4 is 10.9 Å². The van der Waals surface area contributed by atoms with Crippen LogP contribution in [0.15, 0.2) is 58.5 Å².